The van der Waals surface area contributed by atoms with Crippen LogP contribution in [0.3, 0.4) is 0 Å². The van der Waals surface area contributed by atoms with Crippen LogP contribution in [0.25, 0.3) is 6.08 Å². The summed E-state index contributed by atoms with van der Waals surface area (Å²) in [5.41, 5.74) is 2.87. The highest BCUT2D eigenvalue weighted by Gasteiger charge is 1.80. The van der Waals surface area contributed by atoms with Crippen LogP contribution in [-0.4, -0.2) is 14.6 Å². The zero-order chi connectivity index (χ0) is 7.23. The molecule has 1 nitrogen and oxygen atoms in total. The fourth-order valence-electron chi connectivity index (χ4n) is 0.698. The summed E-state index contributed by atoms with van der Waals surface area (Å²) in [5.74, 6) is 0. The molecular weight excluding hydrogens is 140 g/mol. The minimum absolute atomic E-state index is 0.0972. The van der Waals surface area contributed by atoms with E-state index in [1.807, 2.05) is 36.4 Å². The van der Waals surface area contributed by atoms with Gasteiger partial charge in [-0.25, -0.2) is 0 Å². The van der Waals surface area contributed by atoms with Crippen LogP contribution in [0.2, 0.25) is 0 Å². The quantitative estimate of drug-likeness (QED) is 0.626. The maximum atomic E-state index is 8.47. The van der Waals surface area contributed by atoms with Gasteiger partial charge in [-0.3, -0.25) is 0 Å². The number of hydrogen-bond acceptors (Lipinski definition) is 1. The van der Waals surface area contributed by atoms with E-state index in [4.69, 9.17) is 4.80 Å². The molecule has 0 heterocycles. The van der Waals surface area contributed by atoms with Gasteiger partial charge in [0.1, 0.15) is 0 Å². The van der Waals surface area contributed by atoms with Crippen LogP contribution < -0.4 is 0 Å². The van der Waals surface area contributed by atoms with Gasteiger partial charge in [-0.05, 0) is 5.56 Å². The summed E-state index contributed by atoms with van der Waals surface area (Å²) in [7, 11) is -0.0972. The molecule has 0 aliphatic rings. The lowest BCUT2D eigenvalue weighted by atomic mass is 10.2. The molecule has 0 aliphatic carbocycles. The zero-order valence-corrected chi connectivity index (χ0v) is 6.49. The molecule has 0 aliphatic heterocycles. The Hall–Kier alpha value is -0.863. The third kappa shape index (κ3) is 2.17. The monoisotopic (exact) mass is 148 g/mol. The molecule has 1 rings (SSSR count). The van der Waals surface area contributed by atoms with Crippen LogP contribution in [0.4, 0.5) is 0 Å². The molecule has 0 bridgehead atoms. The summed E-state index contributed by atoms with van der Waals surface area (Å²) in [6.45, 7) is 0. The standard InChI is InChI=1S/C8H8OSi/c9-10-7-6-8-4-2-1-3-5-8/h1-7,9H/b7-6-. The molecule has 1 aromatic rings. The lowest BCUT2D eigenvalue weighted by molar-refractivity contribution is 0.615. The van der Waals surface area contributed by atoms with E-state index in [2.05, 4.69) is 0 Å². The van der Waals surface area contributed by atoms with Crippen molar-refractivity contribution in [2.75, 3.05) is 0 Å². The second-order valence-corrected chi connectivity index (χ2v) is 2.46. The zero-order valence-electron chi connectivity index (χ0n) is 5.49. The predicted octanol–water partition coefficient (Wildman–Crippen LogP) is 1.27. The summed E-state index contributed by atoms with van der Waals surface area (Å²) in [4.78, 5) is 8.47. The molecule has 10 heavy (non-hydrogen) atoms. The van der Waals surface area contributed by atoms with Gasteiger partial charge in [-0.15, -0.1) is 0 Å². The Kier molecular flexibility index (Phi) is 2.92. The van der Waals surface area contributed by atoms with Crippen LogP contribution in [0.15, 0.2) is 36.0 Å². The summed E-state index contributed by atoms with van der Waals surface area (Å²) in [6, 6.07) is 9.91. The predicted molar refractivity (Wildman–Crippen MR) is 43.4 cm³/mol. The molecule has 0 amide bonds. The molecule has 1 N–H and O–H groups in total. The maximum Gasteiger partial charge on any atom is 0.257 e. The van der Waals surface area contributed by atoms with Crippen LogP contribution >= 0.6 is 0 Å². The van der Waals surface area contributed by atoms with Gasteiger partial charge in [0.2, 0.25) is 0 Å². The Bertz CT molecular complexity index is 206. The smallest absolute Gasteiger partial charge is 0.257 e. The van der Waals surface area contributed by atoms with Crippen molar-refractivity contribution in [3.63, 3.8) is 0 Å². The fourth-order valence-corrected chi connectivity index (χ4v) is 0.965. The third-order valence-corrected chi connectivity index (χ3v) is 1.47. The SMILES string of the molecule is O[Si]/C=C\c1ccccc1. The molecule has 2 heteroatoms. The first kappa shape index (κ1) is 7.25. The Labute approximate surface area is 63.0 Å². The van der Waals surface area contributed by atoms with Crippen LogP contribution in [0.5, 0.6) is 0 Å². The van der Waals surface area contributed by atoms with Crippen molar-refractivity contribution in [2.24, 2.45) is 0 Å². The van der Waals surface area contributed by atoms with Gasteiger partial charge in [0, 0.05) is 0 Å². The first-order valence-corrected chi connectivity index (χ1v) is 4.07. The lowest BCUT2D eigenvalue weighted by Gasteiger charge is -1.87. The van der Waals surface area contributed by atoms with Gasteiger partial charge in [-0.1, -0.05) is 42.1 Å². The van der Waals surface area contributed by atoms with Crippen molar-refractivity contribution >= 4 is 15.8 Å². The van der Waals surface area contributed by atoms with Gasteiger partial charge in [0.05, 0.1) is 0 Å². The van der Waals surface area contributed by atoms with Crippen molar-refractivity contribution in [3.8, 4) is 0 Å². The van der Waals surface area contributed by atoms with Gasteiger partial charge in [-0.2, -0.15) is 0 Å². The highest BCUT2D eigenvalue weighted by molar-refractivity contribution is 6.33. The van der Waals surface area contributed by atoms with E-state index < -0.39 is 0 Å². The summed E-state index contributed by atoms with van der Waals surface area (Å²) in [5, 5.41) is 0. The van der Waals surface area contributed by atoms with Gasteiger partial charge >= 0.3 is 0 Å². The molecule has 50 valence electrons. The summed E-state index contributed by atoms with van der Waals surface area (Å²) < 4.78 is 0. The number of rotatable bonds is 2. The van der Waals surface area contributed by atoms with Crippen molar-refractivity contribution in [1.82, 2.24) is 0 Å². The molecule has 0 unspecified atom stereocenters. The van der Waals surface area contributed by atoms with Crippen molar-refractivity contribution in [3.05, 3.63) is 41.6 Å². The van der Waals surface area contributed by atoms with Crippen molar-refractivity contribution in [1.29, 1.82) is 0 Å². The van der Waals surface area contributed by atoms with E-state index in [0.717, 1.165) is 5.56 Å². The first-order valence-electron chi connectivity index (χ1n) is 3.04. The lowest BCUT2D eigenvalue weighted by Crippen LogP contribution is -1.77. The number of benzene rings is 1. The Balaban J connectivity index is 2.67. The third-order valence-electron chi connectivity index (χ3n) is 1.15. The molecule has 0 saturated carbocycles. The van der Waals surface area contributed by atoms with Crippen molar-refractivity contribution in [2.45, 2.75) is 0 Å². The Morgan fingerprint density at radius 3 is 2.50 bits per heavy atom. The van der Waals surface area contributed by atoms with Crippen LogP contribution in [0, 0.1) is 0 Å². The first-order chi connectivity index (χ1) is 4.93. The Morgan fingerprint density at radius 2 is 1.90 bits per heavy atom. The van der Waals surface area contributed by atoms with E-state index in [1.165, 1.54) is 0 Å². The molecule has 0 saturated heterocycles. The van der Waals surface area contributed by atoms with E-state index in [-0.39, 0.29) is 9.76 Å². The van der Waals surface area contributed by atoms with Gasteiger partial charge < -0.3 is 4.80 Å². The van der Waals surface area contributed by atoms with Crippen molar-refractivity contribution < 1.29 is 4.80 Å². The minimum Gasteiger partial charge on any atom is -0.428 e. The fraction of sp³-hybridized carbons (Fsp3) is 0. The normalized spacial score (nSPS) is 10.5. The number of hydrogen-bond donors (Lipinski definition) is 1. The van der Waals surface area contributed by atoms with Crippen LogP contribution in [-0.2, 0) is 0 Å². The largest absolute Gasteiger partial charge is 0.428 e. The van der Waals surface area contributed by atoms with E-state index in [1.54, 1.807) is 5.70 Å². The molecular formula is C8H8OSi. The summed E-state index contributed by atoms with van der Waals surface area (Å²) in [6.07, 6.45) is 1.90. The van der Waals surface area contributed by atoms with E-state index in [0.29, 0.717) is 0 Å². The molecule has 0 aromatic heterocycles. The second-order valence-electron chi connectivity index (χ2n) is 1.87. The highest BCUT2D eigenvalue weighted by Crippen LogP contribution is 1.99. The molecule has 1 aromatic carbocycles. The molecule has 0 atom stereocenters. The molecule has 0 spiro atoms. The maximum absolute atomic E-state index is 8.47. The van der Waals surface area contributed by atoms with Gasteiger partial charge in [0.25, 0.3) is 9.76 Å². The second kappa shape index (κ2) is 4.03. The molecule has 0 fully saturated rings. The van der Waals surface area contributed by atoms with Crippen LogP contribution in [0.1, 0.15) is 5.56 Å². The summed E-state index contributed by atoms with van der Waals surface area (Å²) >= 11 is 0. The minimum atomic E-state index is -0.0972. The topological polar surface area (TPSA) is 20.2 Å². The van der Waals surface area contributed by atoms with E-state index >= 15 is 0 Å². The van der Waals surface area contributed by atoms with E-state index in [9.17, 15) is 0 Å². The molecule has 2 radical (unpaired) electrons. The highest BCUT2D eigenvalue weighted by atomic mass is 28.2. The Morgan fingerprint density at radius 1 is 1.20 bits per heavy atom. The average molecular weight is 148 g/mol. The average Bonchev–Trinajstić information content (AvgIpc) is 2.03. The van der Waals surface area contributed by atoms with Gasteiger partial charge in [0.15, 0.2) is 0 Å².